The van der Waals surface area contributed by atoms with Crippen molar-refractivity contribution in [2.24, 2.45) is 5.41 Å². The van der Waals surface area contributed by atoms with Crippen LogP contribution in [0.4, 0.5) is 0 Å². The molecule has 1 aliphatic carbocycles. The molecule has 1 heterocycles. The molecule has 2 N–H and O–H groups in total. The summed E-state index contributed by atoms with van der Waals surface area (Å²) in [7, 11) is 0. The van der Waals surface area contributed by atoms with E-state index in [1.807, 2.05) is 6.20 Å². The molecular weight excluding hydrogens is 238 g/mol. The Balaban J connectivity index is 1.66. The lowest BCUT2D eigenvalue weighted by molar-refractivity contribution is -0.113. The highest BCUT2D eigenvalue weighted by Gasteiger charge is 2.48. The Morgan fingerprint density at radius 3 is 2.89 bits per heavy atom. The van der Waals surface area contributed by atoms with Crippen LogP contribution in [-0.4, -0.2) is 35.5 Å². The molecule has 2 rings (SSSR count). The maximum Gasteiger partial charge on any atom is 0.0655 e. The number of nitrogens with one attached hydrogen (secondary N) is 2. The number of hydrogen-bond donors (Lipinski definition) is 2. The Morgan fingerprint density at radius 1 is 1.53 bits per heavy atom. The fraction of sp³-hybridized carbons (Fsp3) is 0.800. The van der Waals surface area contributed by atoms with Crippen LogP contribution in [0.1, 0.15) is 44.9 Å². The van der Waals surface area contributed by atoms with E-state index in [4.69, 9.17) is 4.74 Å². The Bertz CT molecular complexity index is 400. The molecule has 19 heavy (non-hydrogen) atoms. The summed E-state index contributed by atoms with van der Waals surface area (Å²) in [6.07, 6.45) is 5.76. The number of nitrogens with zero attached hydrogens (tertiary/aromatic N) is 1. The largest absolute Gasteiger partial charge is 0.378 e. The van der Waals surface area contributed by atoms with Gasteiger partial charge in [-0.15, -0.1) is 0 Å². The van der Waals surface area contributed by atoms with E-state index in [0.29, 0.717) is 12.1 Å². The lowest BCUT2D eigenvalue weighted by Gasteiger charge is -2.52. The topological polar surface area (TPSA) is 49.9 Å². The zero-order valence-electron chi connectivity index (χ0n) is 12.6. The molecule has 1 aromatic heterocycles. The van der Waals surface area contributed by atoms with Gasteiger partial charge in [0.15, 0.2) is 0 Å². The van der Waals surface area contributed by atoms with Gasteiger partial charge in [-0.25, -0.2) is 0 Å². The van der Waals surface area contributed by atoms with Crippen molar-refractivity contribution in [1.29, 1.82) is 0 Å². The van der Waals surface area contributed by atoms with Crippen LogP contribution in [0.15, 0.2) is 6.20 Å². The maximum absolute atomic E-state index is 5.75. The summed E-state index contributed by atoms with van der Waals surface area (Å²) in [6, 6.07) is 0.592. The number of aryl methyl sites for hydroxylation is 2. The molecule has 108 valence electrons. The van der Waals surface area contributed by atoms with Gasteiger partial charge in [0.1, 0.15) is 0 Å². The first-order chi connectivity index (χ1) is 9.05. The summed E-state index contributed by atoms with van der Waals surface area (Å²) in [5.74, 6) is 0. The average Bonchev–Trinajstić information content (AvgIpc) is 2.77. The summed E-state index contributed by atoms with van der Waals surface area (Å²) in [5, 5.41) is 10.7. The summed E-state index contributed by atoms with van der Waals surface area (Å²) < 4.78 is 5.75. The second kappa shape index (κ2) is 6.06. The lowest BCUT2D eigenvalue weighted by Crippen LogP contribution is -2.61. The first kappa shape index (κ1) is 14.5. The molecule has 1 saturated carbocycles. The predicted molar refractivity (Wildman–Crippen MR) is 77.2 cm³/mol. The Labute approximate surface area is 116 Å². The highest BCUT2D eigenvalue weighted by molar-refractivity contribution is 5.14. The normalized spacial score (nSPS) is 25.3. The van der Waals surface area contributed by atoms with Crippen molar-refractivity contribution in [3.05, 3.63) is 17.5 Å². The number of aromatic nitrogens is 2. The van der Waals surface area contributed by atoms with Crippen LogP contribution >= 0.6 is 0 Å². The van der Waals surface area contributed by atoms with Gasteiger partial charge in [0.25, 0.3) is 0 Å². The molecule has 4 nitrogen and oxygen atoms in total. The molecule has 1 aromatic rings. The fourth-order valence-corrected chi connectivity index (χ4v) is 2.90. The van der Waals surface area contributed by atoms with Crippen LogP contribution in [0.3, 0.4) is 0 Å². The van der Waals surface area contributed by atoms with Crippen molar-refractivity contribution in [2.75, 3.05) is 13.2 Å². The smallest absolute Gasteiger partial charge is 0.0655 e. The highest BCUT2D eigenvalue weighted by atomic mass is 16.5. The SMILES string of the molecule is CCOC1CC(NCCCc2cn[nH]c2C)C1(C)C. The quantitative estimate of drug-likeness (QED) is 0.745. The Kier molecular flexibility index (Phi) is 4.63. The third-order valence-corrected chi connectivity index (χ3v) is 4.49. The molecular formula is C15H27N3O. The van der Waals surface area contributed by atoms with Crippen molar-refractivity contribution < 1.29 is 4.74 Å². The van der Waals surface area contributed by atoms with Crippen LogP contribution < -0.4 is 5.32 Å². The standard InChI is InChI=1S/C15H27N3O/c1-5-19-14-9-13(15(14,3)4)16-8-6-7-12-10-17-18-11(12)2/h10,13-14,16H,5-9H2,1-4H3,(H,17,18). The molecule has 0 spiro atoms. The van der Waals surface area contributed by atoms with E-state index < -0.39 is 0 Å². The molecule has 1 fully saturated rings. The van der Waals surface area contributed by atoms with Crippen molar-refractivity contribution in [1.82, 2.24) is 15.5 Å². The molecule has 0 saturated heterocycles. The van der Waals surface area contributed by atoms with Crippen LogP contribution in [0.25, 0.3) is 0 Å². The number of aromatic amines is 1. The number of hydrogen-bond acceptors (Lipinski definition) is 3. The van der Waals surface area contributed by atoms with E-state index in [2.05, 4.69) is 43.2 Å². The Hall–Kier alpha value is -0.870. The first-order valence-electron chi connectivity index (χ1n) is 7.39. The minimum absolute atomic E-state index is 0.265. The summed E-state index contributed by atoms with van der Waals surface area (Å²) in [6.45, 7) is 10.6. The summed E-state index contributed by atoms with van der Waals surface area (Å²) in [5.41, 5.74) is 2.80. The van der Waals surface area contributed by atoms with E-state index in [1.165, 1.54) is 11.3 Å². The number of rotatable bonds is 7. The van der Waals surface area contributed by atoms with Gasteiger partial charge in [0.05, 0.1) is 12.3 Å². The molecule has 0 bridgehead atoms. The van der Waals surface area contributed by atoms with Gasteiger partial charge < -0.3 is 10.1 Å². The highest BCUT2D eigenvalue weighted by Crippen LogP contribution is 2.42. The van der Waals surface area contributed by atoms with Crippen LogP contribution in [0.2, 0.25) is 0 Å². The van der Waals surface area contributed by atoms with Crippen molar-refractivity contribution >= 4 is 0 Å². The van der Waals surface area contributed by atoms with Gasteiger partial charge in [0, 0.05) is 23.8 Å². The minimum Gasteiger partial charge on any atom is -0.378 e. The molecule has 2 atom stereocenters. The van der Waals surface area contributed by atoms with E-state index in [-0.39, 0.29) is 5.41 Å². The van der Waals surface area contributed by atoms with Crippen molar-refractivity contribution in [3.8, 4) is 0 Å². The first-order valence-corrected chi connectivity index (χ1v) is 7.39. The van der Waals surface area contributed by atoms with E-state index in [1.54, 1.807) is 0 Å². The average molecular weight is 265 g/mol. The molecule has 0 amide bonds. The van der Waals surface area contributed by atoms with Gasteiger partial charge in [-0.2, -0.15) is 5.10 Å². The van der Waals surface area contributed by atoms with Crippen LogP contribution in [0, 0.1) is 12.3 Å². The maximum atomic E-state index is 5.75. The molecule has 1 aliphatic rings. The van der Waals surface area contributed by atoms with Crippen LogP contribution in [0.5, 0.6) is 0 Å². The molecule has 0 aromatic carbocycles. The van der Waals surface area contributed by atoms with Crippen molar-refractivity contribution in [2.45, 2.75) is 59.1 Å². The lowest BCUT2D eigenvalue weighted by atomic mass is 9.64. The molecule has 2 unspecified atom stereocenters. The van der Waals surface area contributed by atoms with Gasteiger partial charge in [0.2, 0.25) is 0 Å². The molecule has 0 aliphatic heterocycles. The van der Waals surface area contributed by atoms with Gasteiger partial charge in [-0.05, 0) is 45.2 Å². The fourth-order valence-electron chi connectivity index (χ4n) is 2.90. The zero-order valence-corrected chi connectivity index (χ0v) is 12.6. The van der Waals surface area contributed by atoms with Crippen molar-refractivity contribution in [3.63, 3.8) is 0 Å². The van der Waals surface area contributed by atoms with Gasteiger partial charge >= 0.3 is 0 Å². The predicted octanol–water partition coefficient (Wildman–Crippen LogP) is 2.44. The summed E-state index contributed by atoms with van der Waals surface area (Å²) in [4.78, 5) is 0. The molecule has 4 heteroatoms. The van der Waals surface area contributed by atoms with E-state index in [9.17, 15) is 0 Å². The Morgan fingerprint density at radius 2 is 2.32 bits per heavy atom. The van der Waals surface area contributed by atoms with E-state index >= 15 is 0 Å². The second-order valence-electron chi connectivity index (χ2n) is 6.13. The number of ether oxygens (including phenoxy) is 1. The van der Waals surface area contributed by atoms with Gasteiger partial charge in [-0.1, -0.05) is 13.8 Å². The third kappa shape index (κ3) is 3.18. The minimum atomic E-state index is 0.265. The third-order valence-electron chi connectivity index (χ3n) is 4.49. The number of H-pyrrole nitrogens is 1. The van der Waals surface area contributed by atoms with E-state index in [0.717, 1.165) is 32.4 Å². The second-order valence-corrected chi connectivity index (χ2v) is 6.13. The van der Waals surface area contributed by atoms with Gasteiger partial charge in [-0.3, -0.25) is 5.10 Å². The molecule has 0 radical (unpaired) electrons. The van der Waals surface area contributed by atoms with Crippen LogP contribution in [-0.2, 0) is 11.2 Å². The zero-order chi connectivity index (χ0) is 13.9. The monoisotopic (exact) mass is 265 g/mol. The summed E-state index contributed by atoms with van der Waals surface area (Å²) >= 11 is 0.